The van der Waals surface area contributed by atoms with Crippen LogP contribution in [0.15, 0.2) is 30.3 Å². The topological polar surface area (TPSA) is 52.3 Å². The zero-order chi connectivity index (χ0) is 13.8. The van der Waals surface area contributed by atoms with E-state index in [2.05, 4.69) is 4.74 Å². The highest BCUT2D eigenvalue weighted by atomic mass is 19.3. The van der Waals surface area contributed by atoms with Gasteiger partial charge in [-0.1, -0.05) is 12.1 Å². The minimum absolute atomic E-state index is 0.406. The number of rotatable bonds is 5. The summed E-state index contributed by atoms with van der Waals surface area (Å²) in [5.41, 5.74) is 5.34. The van der Waals surface area contributed by atoms with Crippen molar-refractivity contribution >= 4 is 12.0 Å². The molecule has 0 bridgehead atoms. The number of hydrogen-bond donors (Lipinski definition) is 1. The van der Waals surface area contributed by atoms with E-state index in [9.17, 15) is 22.4 Å². The van der Waals surface area contributed by atoms with Crippen LogP contribution < -0.4 is 10.5 Å². The lowest BCUT2D eigenvalue weighted by molar-refractivity contribution is -0.253. The Labute approximate surface area is 99.8 Å². The molecule has 0 spiro atoms. The molecule has 7 heteroatoms. The molecule has 0 saturated carbocycles. The maximum absolute atomic E-state index is 12.5. The lowest BCUT2D eigenvalue weighted by Gasteiger charge is -2.16. The van der Waals surface area contributed by atoms with Crippen molar-refractivity contribution in [1.29, 1.82) is 0 Å². The summed E-state index contributed by atoms with van der Waals surface area (Å²) in [7, 11) is 0. The van der Waals surface area contributed by atoms with Gasteiger partial charge in [0.15, 0.2) is 0 Å². The minimum Gasteiger partial charge on any atom is -0.428 e. The van der Waals surface area contributed by atoms with Gasteiger partial charge in [-0.3, -0.25) is 4.79 Å². The molecular weight excluding hydrogens is 254 g/mol. The molecular formula is C11H9F4NO2. The van der Waals surface area contributed by atoms with E-state index in [1.807, 2.05) is 0 Å². The van der Waals surface area contributed by atoms with Crippen molar-refractivity contribution in [3.63, 3.8) is 0 Å². The summed E-state index contributed by atoms with van der Waals surface area (Å²) in [5, 5.41) is 0. The number of alkyl halides is 4. The number of halogens is 4. The standard InChI is InChI=1S/C11H9F4NO2/c12-10(13)11(14,15)18-8-4-1-7(2-5-8)3-6-9(16)17/h1-6,10H,(H2,16,17)/b6-3+. The van der Waals surface area contributed by atoms with Gasteiger partial charge in [0, 0.05) is 6.08 Å². The molecule has 18 heavy (non-hydrogen) atoms. The van der Waals surface area contributed by atoms with E-state index < -0.39 is 24.2 Å². The lowest BCUT2D eigenvalue weighted by Crippen LogP contribution is -2.33. The van der Waals surface area contributed by atoms with E-state index in [1.54, 1.807) is 0 Å². The number of carbonyl (C=O) groups is 1. The summed E-state index contributed by atoms with van der Waals surface area (Å²) in [6.07, 6.45) is -6.03. The number of nitrogens with two attached hydrogens (primary N) is 1. The number of ether oxygens (including phenoxy) is 1. The molecule has 0 aliphatic carbocycles. The van der Waals surface area contributed by atoms with Crippen molar-refractivity contribution in [3.8, 4) is 5.75 Å². The van der Waals surface area contributed by atoms with Crippen LogP contribution in [0.4, 0.5) is 17.6 Å². The Kier molecular flexibility index (Phi) is 4.30. The van der Waals surface area contributed by atoms with Crippen LogP contribution in [-0.4, -0.2) is 18.4 Å². The first-order valence-electron chi connectivity index (χ1n) is 4.74. The van der Waals surface area contributed by atoms with E-state index in [0.717, 1.165) is 18.2 Å². The molecule has 1 rings (SSSR count). The minimum atomic E-state index is -4.54. The van der Waals surface area contributed by atoms with Gasteiger partial charge < -0.3 is 10.5 Å². The summed E-state index contributed by atoms with van der Waals surface area (Å²) < 4.78 is 52.6. The molecule has 0 radical (unpaired) electrons. The second-order valence-electron chi connectivity index (χ2n) is 3.27. The van der Waals surface area contributed by atoms with Crippen LogP contribution in [0.3, 0.4) is 0 Å². The summed E-state index contributed by atoms with van der Waals surface area (Å²) in [5.74, 6) is -1.07. The Bertz CT molecular complexity index is 443. The highest BCUT2D eigenvalue weighted by Gasteiger charge is 2.43. The Hall–Kier alpha value is -2.05. The third kappa shape index (κ3) is 4.08. The fraction of sp³-hybridized carbons (Fsp3) is 0.182. The van der Waals surface area contributed by atoms with Gasteiger partial charge in [0.2, 0.25) is 5.91 Å². The van der Waals surface area contributed by atoms with Crippen molar-refractivity contribution in [2.24, 2.45) is 5.73 Å². The van der Waals surface area contributed by atoms with Crippen molar-refractivity contribution in [2.75, 3.05) is 0 Å². The molecule has 1 amide bonds. The molecule has 1 aromatic rings. The normalized spacial score (nSPS) is 12.1. The zero-order valence-electron chi connectivity index (χ0n) is 8.95. The molecule has 2 N–H and O–H groups in total. The third-order valence-corrected chi connectivity index (χ3v) is 1.83. The molecule has 0 saturated heterocycles. The second kappa shape index (κ2) is 5.52. The molecule has 0 fully saturated rings. The third-order valence-electron chi connectivity index (χ3n) is 1.83. The number of amides is 1. The van der Waals surface area contributed by atoms with Gasteiger partial charge in [-0.2, -0.15) is 17.6 Å². The van der Waals surface area contributed by atoms with Crippen LogP contribution in [0.25, 0.3) is 6.08 Å². The van der Waals surface area contributed by atoms with E-state index in [-0.39, 0.29) is 0 Å². The molecule has 0 heterocycles. The predicted molar refractivity (Wildman–Crippen MR) is 56.2 cm³/mol. The highest BCUT2D eigenvalue weighted by Crippen LogP contribution is 2.27. The van der Waals surface area contributed by atoms with Crippen LogP contribution in [0.1, 0.15) is 5.56 Å². The molecule has 1 aromatic carbocycles. The molecule has 98 valence electrons. The molecule has 0 aliphatic heterocycles. The molecule has 0 aliphatic rings. The van der Waals surface area contributed by atoms with Gasteiger partial charge in [-0.25, -0.2) is 0 Å². The predicted octanol–water partition coefficient (Wildman–Crippen LogP) is 2.42. The van der Waals surface area contributed by atoms with Crippen LogP contribution in [0.2, 0.25) is 0 Å². The van der Waals surface area contributed by atoms with Crippen LogP contribution in [0, 0.1) is 0 Å². The summed E-state index contributed by atoms with van der Waals surface area (Å²) >= 11 is 0. The molecule has 0 unspecified atom stereocenters. The van der Waals surface area contributed by atoms with Gasteiger partial charge in [-0.05, 0) is 23.8 Å². The van der Waals surface area contributed by atoms with Gasteiger partial charge in [0.25, 0.3) is 0 Å². The molecule has 0 atom stereocenters. The zero-order valence-corrected chi connectivity index (χ0v) is 8.95. The second-order valence-corrected chi connectivity index (χ2v) is 3.27. The van der Waals surface area contributed by atoms with E-state index in [1.165, 1.54) is 18.2 Å². The first-order valence-corrected chi connectivity index (χ1v) is 4.74. The Morgan fingerprint density at radius 3 is 2.28 bits per heavy atom. The molecule has 0 aromatic heterocycles. The summed E-state index contributed by atoms with van der Waals surface area (Å²) in [6.45, 7) is 0. The maximum atomic E-state index is 12.5. The lowest BCUT2D eigenvalue weighted by atomic mass is 10.2. The first-order chi connectivity index (χ1) is 8.31. The average Bonchev–Trinajstić information content (AvgIpc) is 2.27. The van der Waals surface area contributed by atoms with Crippen LogP contribution in [0.5, 0.6) is 5.75 Å². The van der Waals surface area contributed by atoms with Gasteiger partial charge in [0.1, 0.15) is 5.75 Å². The summed E-state index contributed by atoms with van der Waals surface area (Å²) in [6, 6.07) is 4.79. The van der Waals surface area contributed by atoms with Gasteiger partial charge in [0.05, 0.1) is 0 Å². The van der Waals surface area contributed by atoms with E-state index >= 15 is 0 Å². The SMILES string of the molecule is NC(=O)/C=C/c1ccc(OC(F)(F)C(F)F)cc1. The van der Waals surface area contributed by atoms with Crippen molar-refractivity contribution in [1.82, 2.24) is 0 Å². The van der Waals surface area contributed by atoms with Gasteiger partial charge in [-0.15, -0.1) is 0 Å². The number of primary amides is 1. The van der Waals surface area contributed by atoms with Crippen molar-refractivity contribution < 1.29 is 27.1 Å². The monoisotopic (exact) mass is 263 g/mol. The van der Waals surface area contributed by atoms with Crippen molar-refractivity contribution in [3.05, 3.63) is 35.9 Å². The fourth-order valence-electron chi connectivity index (χ4n) is 1.03. The summed E-state index contributed by atoms with van der Waals surface area (Å²) in [4.78, 5) is 10.4. The Balaban J connectivity index is 2.75. The number of benzene rings is 1. The largest absolute Gasteiger partial charge is 0.461 e. The first kappa shape index (κ1) is 14.0. The molecule has 3 nitrogen and oxygen atoms in total. The smallest absolute Gasteiger partial charge is 0.428 e. The quantitative estimate of drug-likeness (QED) is 0.655. The Morgan fingerprint density at radius 2 is 1.83 bits per heavy atom. The van der Waals surface area contributed by atoms with E-state index in [0.29, 0.717) is 5.56 Å². The number of hydrogen-bond acceptors (Lipinski definition) is 2. The van der Waals surface area contributed by atoms with Crippen molar-refractivity contribution in [2.45, 2.75) is 12.5 Å². The highest BCUT2D eigenvalue weighted by molar-refractivity contribution is 5.90. The van der Waals surface area contributed by atoms with Gasteiger partial charge >= 0.3 is 12.5 Å². The number of carbonyl (C=O) groups excluding carboxylic acids is 1. The average molecular weight is 263 g/mol. The maximum Gasteiger partial charge on any atom is 0.461 e. The fourth-order valence-corrected chi connectivity index (χ4v) is 1.03. The Morgan fingerprint density at radius 1 is 1.28 bits per heavy atom. The van der Waals surface area contributed by atoms with E-state index in [4.69, 9.17) is 5.73 Å². The van der Waals surface area contributed by atoms with Crippen LogP contribution in [-0.2, 0) is 4.79 Å². The van der Waals surface area contributed by atoms with Crippen LogP contribution >= 0.6 is 0 Å².